The van der Waals surface area contributed by atoms with Gasteiger partial charge in [0.25, 0.3) is 5.91 Å². The molecule has 0 unspecified atom stereocenters. The molecule has 0 aromatic heterocycles. The summed E-state index contributed by atoms with van der Waals surface area (Å²) in [5, 5.41) is -0.111. The Morgan fingerprint density at radius 3 is 2.34 bits per heavy atom. The summed E-state index contributed by atoms with van der Waals surface area (Å²) in [4.78, 5) is 14.2. The van der Waals surface area contributed by atoms with Crippen molar-refractivity contribution in [1.82, 2.24) is 4.90 Å². The minimum absolute atomic E-state index is 0. The molecule has 29 heavy (non-hydrogen) atoms. The molecule has 1 aliphatic heterocycles. The molecule has 0 aliphatic carbocycles. The van der Waals surface area contributed by atoms with Gasteiger partial charge in [-0.15, -0.1) is 0 Å². The zero-order valence-corrected chi connectivity index (χ0v) is 20.5. The number of alkyl halides is 3. The summed E-state index contributed by atoms with van der Waals surface area (Å²) in [6.45, 7) is 9.25. The van der Waals surface area contributed by atoms with Crippen LogP contribution in [0, 0.1) is 50.4 Å². The predicted molar refractivity (Wildman–Crippen MR) is 101 cm³/mol. The normalized spacial score (nSPS) is 15.7. The van der Waals surface area contributed by atoms with Crippen LogP contribution in [0.2, 0.25) is 5.02 Å². The summed E-state index contributed by atoms with van der Waals surface area (Å²) < 4.78 is 43.5. The Morgan fingerprint density at radius 1 is 1.17 bits per heavy atom. The third-order valence-corrected chi connectivity index (χ3v) is 4.88. The van der Waals surface area contributed by atoms with Gasteiger partial charge in [0, 0.05) is 12.1 Å². The molecule has 0 atom stereocenters. The maximum Gasteiger partial charge on any atom is 2.00 e. The Bertz CT molecular complexity index is 869. The molecule has 0 saturated carbocycles. The fraction of sp³-hybridized carbons (Fsp3) is 0.286. The molecule has 0 N–H and O–H groups in total. The number of amides is 1. The summed E-state index contributed by atoms with van der Waals surface area (Å²) in [7, 11) is 0. The maximum absolute atomic E-state index is 12.7. The molecule has 1 saturated heterocycles. The largest absolute Gasteiger partial charge is 2.00 e. The van der Waals surface area contributed by atoms with Gasteiger partial charge in [0.15, 0.2) is 0 Å². The van der Waals surface area contributed by atoms with Gasteiger partial charge in [0.1, 0.15) is 12.4 Å². The van der Waals surface area contributed by atoms with E-state index in [4.69, 9.17) is 16.3 Å². The van der Waals surface area contributed by atoms with Gasteiger partial charge in [-0.05, 0) is 42.4 Å². The van der Waals surface area contributed by atoms with E-state index in [0.717, 1.165) is 24.1 Å². The first kappa shape index (κ1) is 24.1. The SMILES string of the molecule is [CH2-]C1([CH2-])CCN(C(=O)c2ccc(COc3ccc(C(F)(F)F)cc3Cl)cc2)C1.[U+2]. The summed E-state index contributed by atoms with van der Waals surface area (Å²) in [5.41, 5.74) is 0.125. The molecule has 1 fully saturated rings. The molecule has 3 rings (SSSR count). The first-order valence-corrected chi connectivity index (χ1v) is 9.01. The maximum atomic E-state index is 12.7. The number of nitrogens with zero attached hydrogens (tertiary/aromatic N) is 1. The van der Waals surface area contributed by atoms with Crippen LogP contribution >= 0.6 is 11.6 Å². The van der Waals surface area contributed by atoms with Gasteiger partial charge in [0.2, 0.25) is 0 Å². The Kier molecular flexibility index (Phi) is 7.75. The molecule has 0 bridgehead atoms. The van der Waals surface area contributed by atoms with Crippen molar-refractivity contribution >= 4 is 17.5 Å². The number of ether oxygens (including phenoxy) is 1. The van der Waals surface area contributed by atoms with Gasteiger partial charge in [0.05, 0.1) is 10.6 Å². The van der Waals surface area contributed by atoms with E-state index in [0.29, 0.717) is 18.7 Å². The zero-order valence-electron chi connectivity index (χ0n) is 15.6. The van der Waals surface area contributed by atoms with Crippen molar-refractivity contribution in [2.24, 2.45) is 5.41 Å². The van der Waals surface area contributed by atoms with E-state index < -0.39 is 11.7 Å². The Morgan fingerprint density at radius 2 is 1.83 bits per heavy atom. The third-order valence-electron chi connectivity index (χ3n) is 4.58. The van der Waals surface area contributed by atoms with Crippen molar-refractivity contribution in [1.29, 1.82) is 0 Å². The predicted octanol–water partition coefficient (Wildman–Crippen LogP) is 5.44. The summed E-state index contributed by atoms with van der Waals surface area (Å²) in [6, 6.07) is 9.82. The monoisotopic (exact) mass is 647 g/mol. The quantitative estimate of drug-likeness (QED) is 0.414. The van der Waals surface area contributed by atoms with Gasteiger partial charge in [-0.25, -0.2) is 0 Å². The minimum Gasteiger partial charge on any atom is -0.487 e. The van der Waals surface area contributed by atoms with Crippen LogP contribution in [0.3, 0.4) is 0 Å². The summed E-state index contributed by atoms with van der Waals surface area (Å²) in [5.74, 6) is 0.0848. The fourth-order valence-electron chi connectivity index (χ4n) is 2.99. The van der Waals surface area contributed by atoms with Gasteiger partial charge >= 0.3 is 37.3 Å². The fourth-order valence-corrected chi connectivity index (χ4v) is 3.22. The van der Waals surface area contributed by atoms with Gasteiger partial charge < -0.3 is 23.5 Å². The second-order valence-electron chi connectivity index (χ2n) is 7.11. The van der Waals surface area contributed by atoms with Crippen molar-refractivity contribution in [2.45, 2.75) is 19.2 Å². The van der Waals surface area contributed by atoms with Crippen molar-refractivity contribution < 1.29 is 53.8 Å². The van der Waals surface area contributed by atoms with Crippen LogP contribution in [0.25, 0.3) is 0 Å². The van der Waals surface area contributed by atoms with E-state index in [-0.39, 0.29) is 59.8 Å². The van der Waals surface area contributed by atoms with Crippen LogP contribution in [-0.4, -0.2) is 23.9 Å². The number of likely N-dealkylation sites (tertiary alicyclic amines) is 1. The van der Waals surface area contributed by atoms with Gasteiger partial charge in [-0.1, -0.05) is 30.2 Å². The third kappa shape index (κ3) is 6.16. The average Bonchev–Trinajstić information content (AvgIpc) is 2.99. The summed E-state index contributed by atoms with van der Waals surface area (Å²) in [6.07, 6.45) is -3.69. The Hall–Kier alpha value is -1.16. The Labute approximate surface area is 196 Å². The number of hydrogen-bond donors (Lipinski definition) is 0. The molecule has 3 nitrogen and oxygen atoms in total. The molecule has 8 heteroatoms. The van der Waals surface area contributed by atoms with Gasteiger partial charge in [-0.3, -0.25) is 10.2 Å². The number of carbonyl (C=O) groups is 1. The molecule has 0 radical (unpaired) electrons. The average molecular weight is 648 g/mol. The van der Waals surface area contributed by atoms with E-state index >= 15 is 0 Å². The number of benzene rings is 2. The van der Waals surface area contributed by atoms with Crippen molar-refractivity contribution in [2.75, 3.05) is 13.1 Å². The Balaban J connectivity index is 0.00000300. The molecule has 0 spiro atoms. The molecule has 1 amide bonds. The van der Waals surface area contributed by atoms with Gasteiger partial charge in [-0.2, -0.15) is 13.2 Å². The molecule has 152 valence electrons. The second kappa shape index (κ2) is 9.33. The van der Waals surface area contributed by atoms with E-state index in [1.54, 1.807) is 29.2 Å². The first-order chi connectivity index (χ1) is 13.0. The van der Waals surface area contributed by atoms with Crippen LogP contribution < -0.4 is 4.74 Å². The van der Waals surface area contributed by atoms with E-state index in [9.17, 15) is 18.0 Å². The number of hydrogen-bond acceptors (Lipinski definition) is 2. The minimum atomic E-state index is -4.46. The number of halogens is 4. The second-order valence-corrected chi connectivity index (χ2v) is 7.51. The topological polar surface area (TPSA) is 29.5 Å². The number of rotatable bonds is 4. The summed E-state index contributed by atoms with van der Waals surface area (Å²) >= 11 is 5.88. The van der Waals surface area contributed by atoms with E-state index in [1.807, 2.05) is 0 Å². The molecule has 2 aromatic carbocycles. The van der Waals surface area contributed by atoms with Crippen molar-refractivity contribution in [3.05, 3.63) is 78.0 Å². The smallest absolute Gasteiger partial charge is 0.487 e. The van der Waals surface area contributed by atoms with Crippen LogP contribution in [0.4, 0.5) is 13.2 Å². The van der Waals surface area contributed by atoms with Crippen molar-refractivity contribution in [3.8, 4) is 5.75 Å². The first-order valence-electron chi connectivity index (χ1n) is 8.64. The van der Waals surface area contributed by atoms with Crippen molar-refractivity contribution in [3.63, 3.8) is 0 Å². The molecular formula is C21H19ClF3NO2U. The standard InChI is InChI=1S/C21H19ClF3NO2.U/c1-20(2)9-10-26(13-20)19(27)15-5-3-14(4-6-15)12-28-18-8-7-16(11-17(18)22)21(23,24)25;/h3-8,11H,1-2,9-10,12-13H2;/q-2;+2. The zero-order chi connectivity index (χ0) is 20.5. The van der Waals surface area contributed by atoms with E-state index in [1.165, 1.54) is 6.07 Å². The van der Waals surface area contributed by atoms with E-state index in [2.05, 4.69) is 13.8 Å². The van der Waals surface area contributed by atoms with Crippen LogP contribution in [-0.2, 0) is 12.8 Å². The van der Waals surface area contributed by atoms with Crippen LogP contribution in [0.5, 0.6) is 5.75 Å². The molecule has 2 aromatic rings. The number of carbonyl (C=O) groups excluding carboxylic acids is 1. The molecule has 1 aliphatic rings. The molecular weight excluding hydrogens is 629 g/mol. The molecule has 1 heterocycles. The van der Waals surface area contributed by atoms with Crippen LogP contribution in [0.1, 0.15) is 27.9 Å². The van der Waals surface area contributed by atoms with Crippen LogP contribution in [0.15, 0.2) is 42.5 Å².